The highest BCUT2D eigenvalue weighted by Crippen LogP contribution is 2.34. The van der Waals surface area contributed by atoms with Crippen molar-refractivity contribution in [2.45, 2.75) is 25.7 Å². The van der Waals surface area contributed by atoms with Crippen LogP contribution in [-0.2, 0) is 0 Å². The molecule has 4 aromatic rings. The number of hydrogen-bond acceptors (Lipinski definition) is 4. The van der Waals surface area contributed by atoms with E-state index in [1.807, 2.05) is 35.4 Å². The maximum atomic E-state index is 13.1. The Morgan fingerprint density at radius 2 is 2.00 bits per heavy atom. The van der Waals surface area contributed by atoms with Crippen molar-refractivity contribution in [3.8, 4) is 11.1 Å². The Kier molecular flexibility index (Phi) is 4.39. The van der Waals surface area contributed by atoms with E-state index in [1.54, 1.807) is 0 Å². The highest BCUT2D eigenvalue weighted by molar-refractivity contribution is 6.03. The molecule has 146 valence electrons. The zero-order valence-electron chi connectivity index (χ0n) is 16.3. The lowest BCUT2D eigenvalue weighted by Crippen LogP contribution is -2.39. The number of piperidine rings is 1. The minimum atomic E-state index is -0.0974. The summed E-state index contributed by atoms with van der Waals surface area (Å²) in [5.74, 6) is 0.435. The van der Waals surface area contributed by atoms with E-state index in [-0.39, 0.29) is 11.8 Å². The second-order valence-electron chi connectivity index (χ2n) is 7.68. The van der Waals surface area contributed by atoms with Crippen LogP contribution in [0.1, 0.15) is 40.6 Å². The van der Waals surface area contributed by atoms with Crippen LogP contribution >= 0.6 is 0 Å². The molecule has 0 spiro atoms. The minimum absolute atomic E-state index is 0.0974. The predicted octanol–water partition coefficient (Wildman–Crippen LogP) is 4.55. The topological polar surface area (TPSA) is 75.0 Å². The first kappa shape index (κ1) is 17.7. The number of nitrogens with one attached hydrogen (secondary N) is 1. The predicted molar refractivity (Wildman–Crippen MR) is 111 cm³/mol. The van der Waals surface area contributed by atoms with E-state index >= 15 is 0 Å². The largest absolute Gasteiger partial charge is 0.350 e. The van der Waals surface area contributed by atoms with Crippen LogP contribution in [0.3, 0.4) is 0 Å². The summed E-state index contributed by atoms with van der Waals surface area (Å²) < 4.78 is 5.40. The highest BCUT2D eigenvalue weighted by Gasteiger charge is 2.30. The maximum absolute atomic E-state index is 13.1. The Labute approximate surface area is 168 Å². The third kappa shape index (κ3) is 3.20. The van der Waals surface area contributed by atoms with Crippen molar-refractivity contribution < 1.29 is 9.32 Å². The molecule has 29 heavy (non-hydrogen) atoms. The summed E-state index contributed by atoms with van der Waals surface area (Å²) in [5.41, 5.74) is 5.28. The Morgan fingerprint density at radius 3 is 2.86 bits per heavy atom. The molecule has 1 aliphatic rings. The lowest BCUT2D eigenvalue weighted by Gasteiger charge is -2.32. The molecule has 5 rings (SSSR count). The van der Waals surface area contributed by atoms with E-state index in [1.165, 1.54) is 5.56 Å². The van der Waals surface area contributed by atoms with Crippen LogP contribution < -0.4 is 0 Å². The van der Waals surface area contributed by atoms with Crippen LogP contribution in [-0.4, -0.2) is 39.3 Å². The van der Waals surface area contributed by atoms with Gasteiger partial charge in [-0.3, -0.25) is 9.89 Å². The summed E-state index contributed by atoms with van der Waals surface area (Å²) in [5, 5.41) is 12.3. The molecule has 1 saturated heterocycles. The van der Waals surface area contributed by atoms with Gasteiger partial charge in [0.15, 0.2) is 0 Å². The quantitative estimate of drug-likeness (QED) is 0.561. The molecular formula is C23H22N4O2. The first-order valence-electron chi connectivity index (χ1n) is 9.94. The van der Waals surface area contributed by atoms with Gasteiger partial charge in [0.2, 0.25) is 5.76 Å². The van der Waals surface area contributed by atoms with Crippen molar-refractivity contribution in [2.24, 2.45) is 0 Å². The first-order valence-corrected chi connectivity index (χ1v) is 9.94. The number of rotatable bonds is 3. The van der Waals surface area contributed by atoms with Crippen molar-refractivity contribution in [3.63, 3.8) is 0 Å². The van der Waals surface area contributed by atoms with Gasteiger partial charge in [-0.15, -0.1) is 0 Å². The molecule has 1 unspecified atom stereocenters. The van der Waals surface area contributed by atoms with E-state index in [9.17, 15) is 4.79 Å². The molecule has 0 bridgehead atoms. The smallest absolute Gasteiger partial charge is 0.293 e. The fourth-order valence-electron chi connectivity index (χ4n) is 4.15. The van der Waals surface area contributed by atoms with Crippen molar-refractivity contribution >= 4 is 16.8 Å². The van der Waals surface area contributed by atoms with E-state index in [4.69, 9.17) is 4.52 Å². The molecule has 1 amide bonds. The van der Waals surface area contributed by atoms with Crippen molar-refractivity contribution in [3.05, 3.63) is 71.7 Å². The van der Waals surface area contributed by atoms with Gasteiger partial charge in [-0.2, -0.15) is 5.10 Å². The van der Waals surface area contributed by atoms with Gasteiger partial charge >= 0.3 is 0 Å². The molecule has 2 aromatic carbocycles. The van der Waals surface area contributed by atoms with Crippen LogP contribution in [0, 0.1) is 6.92 Å². The van der Waals surface area contributed by atoms with Gasteiger partial charge in [0.25, 0.3) is 5.91 Å². The van der Waals surface area contributed by atoms with Crippen LogP contribution in [0.15, 0.2) is 59.3 Å². The van der Waals surface area contributed by atoms with Crippen molar-refractivity contribution in [1.82, 2.24) is 20.3 Å². The molecule has 1 aliphatic heterocycles. The molecular weight excluding hydrogens is 364 g/mol. The van der Waals surface area contributed by atoms with E-state index < -0.39 is 0 Å². The van der Waals surface area contributed by atoms with Gasteiger partial charge in [-0.25, -0.2) is 0 Å². The summed E-state index contributed by atoms with van der Waals surface area (Å²) in [6.45, 7) is 3.44. The van der Waals surface area contributed by atoms with Crippen LogP contribution in [0.2, 0.25) is 0 Å². The summed E-state index contributed by atoms with van der Waals surface area (Å²) in [6.07, 6.45) is 3.83. The van der Waals surface area contributed by atoms with Gasteiger partial charge in [-0.1, -0.05) is 47.1 Å². The Balaban J connectivity index is 1.41. The van der Waals surface area contributed by atoms with E-state index in [0.29, 0.717) is 17.8 Å². The molecule has 0 aliphatic carbocycles. The zero-order valence-corrected chi connectivity index (χ0v) is 16.3. The molecule has 1 N–H and O–H groups in total. The van der Waals surface area contributed by atoms with E-state index in [2.05, 4.69) is 46.5 Å². The number of hydrogen-bond donors (Lipinski definition) is 1. The van der Waals surface area contributed by atoms with Crippen molar-refractivity contribution in [2.75, 3.05) is 13.1 Å². The zero-order chi connectivity index (χ0) is 19.8. The fraction of sp³-hybridized carbons (Fsp3) is 0.261. The first-order chi connectivity index (χ1) is 14.2. The summed E-state index contributed by atoms with van der Waals surface area (Å²) in [7, 11) is 0. The molecule has 1 fully saturated rings. The lowest BCUT2D eigenvalue weighted by atomic mass is 9.90. The second-order valence-corrected chi connectivity index (χ2v) is 7.68. The Hall–Kier alpha value is -3.41. The number of nitrogens with zero attached hydrogens (tertiary/aromatic N) is 3. The number of H-pyrrole nitrogens is 1. The van der Waals surface area contributed by atoms with Gasteiger partial charge in [0.1, 0.15) is 5.52 Å². The number of carbonyl (C=O) groups excluding carboxylic acids is 1. The van der Waals surface area contributed by atoms with Crippen LogP contribution in [0.25, 0.3) is 22.0 Å². The van der Waals surface area contributed by atoms with Gasteiger partial charge in [0, 0.05) is 30.3 Å². The van der Waals surface area contributed by atoms with Gasteiger partial charge in [0.05, 0.1) is 11.6 Å². The molecule has 1 atom stereocenters. The number of aromatic nitrogens is 3. The SMILES string of the molecule is Cc1ccc(-c2cn[nH]c2C2CCCN(C(=O)c3onc4ccccc34)C2)cc1. The molecule has 0 saturated carbocycles. The molecule has 0 radical (unpaired) electrons. The summed E-state index contributed by atoms with van der Waals surface area (Å²) in [4.78, 5) is 15.0. The number of aromatic amines is 1. The summed E-state index contributed by atoms with van der Waals surface area (Å²) >= 11 is 0. The normalized spacial score (nSPS) is 17.0. The monoisotopic (exact) mass is 386 g/mol. The number of benzene rings is 2. The number of aryl methyl sites for hydroxylation is 1. The Bertz CT molecular complexity index is 1160. The minimum Gasteiger partial charge on any atom is -0.350 e. The standard InChI is InChI=1S/C23H22N4O2/c1-15-8-10-16(11-9-15)19-13-24-25-21(19)17-5-4-12-27(14-17)23(28)22-18-6-2-3-7-20(18)26-29-22/h2-3,6-11,13,17H,4-5,12,14H2,1H3,(H,24,25). The third-order valence-corrected chi connectivity index (χ3v) is 5.73. The third-order valence-electron chi connectivity index (χ3n) is 5.73. The molecule has 6 nitrogen and oxygen atoms in total. The molecule has 6 heteroatoms. The highest BCUT2D eigenvalue weighted by atomic mass is 16.5. The number of carbonyl (C=O) groups is 1. The average molecular weight is 386 g/mol. The van der Waals surface area contributed by atoms with Crippen LogP contribution in [0.4, 0.5) is 0 Å². The average Bonchev–Trinajstić information content (AvgIpc) is 3.41. The van der Waals surface area contributed by atoms with Crippen LogP contribution in [0.5, 0.6) is 0 Å². The number of likely N-dealkylation sites (tertiary alicyclic amines) is 1. The van der Waals surface area contributed by atoms with Gasteiger partial charge in [-0.05, 0) is 37.5 Å². The second kappa shape index (κ2) is 7.20. The number of fused-ring (bicyclic) bond motifs is 1. The molecule has 3 heterocycles. The Morgan fingerprint density at radius 1 is 1.17 bits per heavy atom. The van der Waals surface area contributed by atoms with E-state index in [0.717, 1.165) is 41.6 Å². The van der Waals surface area contributed by atoms with Gasteiger partial charge < -0.3 is 9.42 Å². The van der Waals surface area contributed by atoms with Crippen molar-refractivity contribution in [1.29, 1.82) is 0 Å². The maximum Gasteiger partial charge on any atom is 0.293 e. The number of amides is 1. The summed E-state index contributed by atoms with van der Waals surface area (Å²) in [6, 6.07) is 16.0. The lowest BCUT2D eigenvalue weighted by molar-refractivity contribution is 0.0667. The fourth-order valence-corrected chi connectivity index (χ4v) is 4.15. The molecule has 2 aromatic heterocycles.